The fourth-order valence-corrected chi connectivity index (χ4v) is 1.10. The molecule has 0 radical (unpaired) electrons. The number of methoxy groups -OCH3 is 1. The van der Waals surface area contributed by atoms with E-state index in [4.69, 9.17) is 9.47 Å². The van der Waals surface area contributed by atoms with Crippen molar-refractivity contribution in [2.24, 2.45) is 0 Å². The van der Waals surface area contributed by atoms with Crippen molar-refractivity contribution in [2.45, 2.75) is 13.8 Å². The highest BCUT2D eigenvalue weighted by Gasteiger charge is 1.98. The Bertz CT molecular complexity index is 447. The van der Waals surface area contributed by atoms with Crippen LogP contribution in [0.2, 0.25) is 0 Å². The molecule has 0 N–H and O–H groups in total. The van der Waals surface area contributed by atoms with Crippen LogP contribution in [0.5, 0.6) is 11.6 Å². The lowest BCUT2D eigenvalue weighted by atomic mass is 10.2. The second kappa shape index (κ2) is 6.53. The minimum absolute atomic E-state index is 0.535. The third kappa shape index (κ3) is 4.55. The fourth-order valence-electron chi connectivity index (χ4n) is 1.10. The number of hydrogen-bond acceptors (Lipinski definition) is 3. The summed E-state index contributed by atoms with van der Waals surface area (Å²) in [5.74, 6) is 2.03. The van der Waals surface area contributed by atoms with Crippen molar-refractivity contribution in [3.63, 3.8) is 0 Å². The molecule has 0 aromatic carbocycles. The Morgan fingerprint density at radius 3 is 2.76 bits per heavy atom. The lowest BCUT2D eigenvalue weighted by Gasteiger charge is -2.06. The highest BCUT2D eigenvalue weighted by molar-refractivity contribution is 5.28. The van der Waals surface area contributed by atoms with Crippen molar-refractivity contribution >= 4 is 0 Å². The van der Waals surface area contributed by atoms with Gasteiger partial charge in [0.2, 0.25) is 5.88 Å². The Hall–Kier alpha value is -2.03. The zero-order valence-corrected chi connectivity index (χ0v) is 10.4. The largest absolute Gasteiger partial charge is 0.481 e. The van der Waals surface area contributed by atoms with Crippen LogP contribution in [0.15, 0.2) is 54.5 Å². The summed E-state index contributed by atoms with van der Waals surface area (Å²) >= 11 is 0. The summed E-state index contributed by atoms with van der Waals surface area (Å²) in [6, 6.07) is 3.52. The Labute approximate surface area is 102 Å². The summed E-state index contributed by atoms with van der Waals surface area (Å²) in [5, 5.41) is 0. The number of aromatic nitrogens is 1. The molecule has 0 atom stereocenters. The summed E-state index contributed by atoms with van der Waals surface area (Å²) in [4.78, 5) is 4.01. The Morgan fingerprint density at radius 2 is 2.12 bits per heavy atom. The van der Waals surface area contributed by atoms with Crippen molar-refractivity contribution in [1.82, 2.24) is 4.98 Å². The smallest absolute Gasteiger partial charge is 0.216 e. The molecule has 0 aliphatic carbocycles. The van der Waals surface area contributed by atoms with Crippen LogP contribution in [0.1, 0.15) is 13.8 Å². The normalized spacial score (nSPS) is 12.2. The molecule has 0 saturated carbocycles. The summed E-state index contributed by atoms with van der Waals surface area (Å²) in [5.41, 5.74) is 1.08. The zero-order valence-electron chi connectivity index (χ0n) is 10.4. The lowest BCUT2D eigenvalue weighted by Crippen LogP contribution is -1.92. The molecule has 0 aliphatic rings. The van der Waals surface area contributed by atoms with Gasteiger partial charge in [0, 0.05) is 12.3 Å². The van der Waals surface area contributed by atoms with Gasteiger partial charge in [-0.2, -0.15) is 0 Å². The molecule has 0 saturated heterocycles. The molecule has 0 aliphatic heterocycles. The number of ether oxygens (including phenoxy) is 2. The minimum atomic E-state index is 0.535. The molecule has 1 heterocycles. The SMILES string of the molecule is C=C/C(C)=C\C=C(/C)Oc1ccnc(OC)c1. The summed E-state index contributed by atoms with van der Waals surface area (Å²) < 4.78 is 10.6. The highest BCUT2D eigenvalue weighted by Crippen LogP contribution is 2.18. The summed E-state index contributed by atoms with van der Waals surface area (Å²) in [6.45, 7) is 7.55. The summed E-state index contributed by atoms with van der Waals surface area (Å²) in [7, 11) is 1.57. The van der Waals surface area contributed by atoms with E-state index < -0.39 is 0 Å². The molecular formula is C14H17NO2. The van der Waals surface area contributed by atoms with Crippen LogP contribution in [0.4, 0.5) is 0 Å². The van der Waals surface area contributed by atoms with E-state index in [-0.39, 0.29) is 0 Å². The molecule has 3 nitrogen and oxygen atoms in total. The van der Waals surface area contributed by atoms with Crippen LogP contribution in [0, 0.1) is 0 Å². The van der Waals surface area contributed by atoms with Crippen LogP contribution in [0.3, 0.4) is 0 Å². The third-order valence-corrected chi connectivity index (χ3v) is 2.10. The maximum absolute atomic E-state index is 5.61. The van der Waals surface area contributed by atoms with E-state index in [0.717, 1.165) is 11.3 Å². The first kappa shape index (κ1) is 13.0. The van der Waals surface area contributed by atoms with E-state index in [1.807, 2.05) is 26.0 Å². The number of nitrogens with zero attached hydrogens (tertiary/aromatic N) is 1. The molecule has 1 aromatic rings. The first-order valence-corrected chi connectivity index (χ1v) is 5.31. The van der Waals surface area contributed by atoms with Gasteiger partial charge >= 0.3 is 0 Å². The molecule has 0 amide bonds. The van der Waals surface area contributed by atoms with Gasteiger partial charge < -0.3 is 9.47 Å². The maximum Gasteiger partial charge on any atom is 0.216 e. The first-order chi connectivity index (χ1) is 8.15. The van der Waals surface area contributed by atoms with E-state index in [1.165, 1.54) is 0 Å². The van der Waals surface area contributed by atoms with Crippen LogP contribution >= 0.6 is 0 Å². The van der Waals surface area contributed by atoms with Gasteiger partial charge in [0.1, 0.15) is 11.5 Å². The number of rotatable bonds is 5. The van der Waals surface area contributed by atoms with Gasteiger partial charge in [0.15, 0.2) is 0 Å². The van der Waals surface area contributed by atoms with E-state index in [0.29, 0.717) is 11.6 Å². The topological polar surface area (TPSA) is 31.4 Å². The van der Waals surface area contributed by atoms with Crippen molar-refractivity contribution in [2.75, 3.05) is 7.11 Å². The van der Waals surface area contributed by atoms with Crippen LogP contribution in [0.25, 0.3) is 0 Å². The van der Waals surface area contributed by atoms with Crippen molar-refractivity contribution in [3.8, 4) is 11.6 Å². The average molecular weight is 231 g/mol. The molecular weight excluding hydrogens is 214 g/mol. The number of allylic oxidation sites excluding steroid dienone is 5. The first-order valence-electron chi connectivity index (χ1n) is 5.31. The quantitative estimate of drug-likeness (QED) is 0.574. The monoisotopic (exact) mass is 231 g/mol. The van der Waals surface area contributed by atoms with Crippen molar-refractivity contribution in [3.05, 3.63) is 54.5 Å². The Balaban J connectivity index is 2.73. The van der Waals surface area contributed by atoms with Crippen LogP contribution in [-0.4, -0.2) is 12.1 Å². The molecule has 90 valence electrons. The second-order valence-electron chi connectivity index (χ2n) is 3.53. The van der Waals surface area contributed by atoms with Gasteiger partial charge in [0.05, 0.1) is 7.11 Å². The molecule has 17 heavy (non-hydrogen) atoms. The maximum atomic E-state index is 5.61. The van der Waals surface area contributed by atoms with Crippen molar-refractivity contribution < 1.29 is 9.47 Å². The number of hydrogen-bond donors (Lipinski definition) is 0. The van der Waals surface area contributed by atoms with Gasteiger partial charge in [0.25, 0.3) is 0 Å². The molecule has 0 bridgehead atoms. The van der Waals surface area contributed by atoms with E-state index in [1.54, 1.807) is 31.5 Å². The molecule has 1 rings (SSSR count). The van der Waals surface area contributed by atoms with Crippen molar-refractivity contribution in [1.29, 1.82) is 0 Å². The fraction of sp³-hybridized carbons (Fsp3) is 0.214. The van der Waals surface area contributed by atoms with Gasteiger partial charge in [-0.1, -0.05) is 24.3 Å². The number of pyridine rings is 1. The average Bonchev–Trinajstić information content (AvgIpc) is 2.36. The Kier molecular flexibility index (Phi) is 5.01. The predicted molar refractivity (Wildman–Crippen MR) is 69.1 cm³/mol. The van der Waals surface area contributed by atoms with Crippen LogP contribution < -0.4 is 9.47 Å². The molecule has 3 heteroatoms. The molecule has 0 spiro atoms. The predicted octanol–water partition coefficient (Wildman–Crippen LogP) is 3.51. The van der Waals surface area contributed by atoms with Crippen LogP contribution in [-0.2, 0) is 0 Å². The lowest BCUT2D eigenvalue weighted by molar-refractivity contribution is 0.386. The summed E-state index contributed by atoms with van der Waals surface area (Å²) in [6.07, 6.45) is 7.27. The third-order valence-electron chi connectivity index (χ3n) is 2.10. The minimum Gasteiger partial charge on any atom is -0.481 e. The Morgan fingerprint density at radius 1 is 1.35 bits per heavy atom. The standard InChI is InChI=1S/C14H17NO2/c1-5-11(2)6-7-12(3)17-13-8-9-15-14(10-13)16-4/h5-10H,1H2,2-4H3/b11-6-,12-7+. The van der Waals surface area contributed by atoms with Gasteiger partial charge in [-0.25, -0.2) is 4.98 Å². The van der Waals surface area contributed by atoms with E-state index >= 15 is 0 Å². The van der Waals surface area contributed by atoms with E-state index in [2.05, 4.69) is 11.6 Å². The zero-order chi connectivity index (χ0) is 12.7. The highest BCUT2D eigenvalue weighted by atomic mass is 16.5. The molecule has 1 aromatic heterocycles. The molecule has 0 unspecified atom stereocenters. The molecule has 0 fully saturated rings. The van der Waals surface area contributed by atoms with Gasteiger partial charge in [-0.3, -0.25) is 0 Å². The van der Waals surface area contributed by atoms with Gasteiger partial charge in [-0.15, -0.1) is 0 Å². The second-order valence-corrected chi connectivity index (χ2v) is 3.53. The van der Waals surface area contributed by atoms with Gasteiger partial charge in [-0.05, 0) is 26.0 Å². The van der Waals surface area contributed by atoms with E-state index in [9.17, 15) is 0 Å².